The highest BCUT2D eigenvalue weighted by Gasteiger charge is 2.44. The van der Waals surface area contributed by atoms with Gasteiger partial charge in [-0.25, -0.2) is 0 Å². The summed E-state index contributed by atoms with van der Waals surface area (Å²) in [6.07, 6.45) is 4.43. The van der Waals surface area contributed by atoms with Crippen molar-refractivity contribution in [3.05, 3.63) is 29.8 Å². The van der Waals surface area contributed by atoms with Crippen LogP contribution in [-0.2, 0) is 9.47 Å². The lowest BCUT2D eigenvalue weighted by molar-refractivity contribution is -0.303. The molecule has 11 nitrogen and oxygen atoms in total. The number of methoxy groups -OCH3 is 1. The molecule has 8 atom stereocenters. The van der Waals surface area contributed by atoms with Crippen LogP contribution in [0.15, 0.2) is 24.3 Å². The number of ether oxygens (including phenoxy) is 3. The van der Waals surface area contributed by atoms with Crippen LogP contribution < -0.4 is 10.1 Å². The fourth-order valence-corrected chi connectivity index (χ4v) is 5.26. The number of amides is 1. The third-order valence-electron chi connectivity index (χ3n) is 8.12. The van der Waals surface area contributed by atoms with E-state index >= 15 is 0 Å². The molecule has 7 N–H and O–H groups in total. The van der Waals surface area contributed by atoms with Crippen molar-refractivity contribution in [1.29, 1.82) is 0 Å². The molecule has 1 heterocycles. The molecule has 0 spiro atoms. The van der Waals surface area contributed by atoms with E-state index in [1.165, 1.54) is 58.5 Å². The van der Waals surface area contributed by atoms with Crippen molar-refractivity contribution in [3.8, 4) is 5.75 Å². The standard InChI is InChI=1S/C32H55NO10/c1-3-4-5-6-7-8-9-10-11-12-13-14-15-25(35)27(36)24(33-31(40)22-16-18-23(41-2)19-17-22)21-42-32-30(39)29(38)28(37)26(20-34)43-32/h16-19,24-30,32,34-39H,3-15,20-21H2,1-2H3,(H,33,40). The predicted molar refractivity (Wildman–Crippen MR) is 162 cm³/mol. The van der Waals surface area contributed by atoms with E-state index in [1.807, 2.05) is 0 Å². The maximum Gasteiger partial charge on any atom is 0.251 e. The van der Waals surface area contributed by atoms with E-state index in [2.05, 4.69) is 12.2 Å². The SMILES string of the molecule is CCCCCCCCCCCCCCC(O)C(O)C(COC1OC(CO)C(O)C(O)C1O)NC(=O)c1ccc(OC)cc1. The molecule has 1 fully saturated rings. The lowest BCUT2D eigenvalue weighted by Crippen LogP contribution is -2.60. The lowest BCUT2D eigenvalue weighted by Gasteiger charge is -2.40. The molecule has 0 saturated carbocycles. The van der Waals surface area contributed by atoms with Crippen LogP contribution >= 0.6 is 0 Å². The van der Waals surface area contributed by atoms with Gasteiger partial charge in [0.25, 0.3) is 5.91 Å². The summed E-state index contributed by atoms with van der Waals surface area (Å²) in [5, 5.41) is 64.3. The predicted octanol–water partition coefficient (Wildman–Crippen LogP) is 2.42. The Morgan fingerprint density at radius 1 is 0.860 bits per heavy atom. The summed E-state index contributed by atoms with van der Waals surface area (Å²) in [4.78, 5) is 13.0. The van der Waals surface area contributed by atoms with Crippen molar-refractivity contribution in [2.45, 2.75) is 139 Å². The first-order valence-electron chi connectivity index (χ1n) is 16.0. The average molecular weight is 614 g/mol. The van der Waals surface area contributed by atoms with Gasteiger partial charge < -0.3 is 50.2 Å². The Hall–Kier alpha value is -1.83. The van der Waals surface area contributed by atoms with E-state index in [-0.39, 0.29) is 6.61 Å². The van der Waals surface area contributed by atoms with Crippen LogP contribution in [0.25, 0.3) is 0 Å². The Morgan fingerprint density at radius 3 is 1.95 bits per heavy atom. The molecule has 248 valence electrons. The van der Waals surface area contributed by atoms with Crippen LogP contribution in [0.5, 0.6) is 5.75 Å². The van der Waals surface area contributed by atoms with Crippen molar-refractivity contribution in [3.63, 3.8) is 0 Å². The van der Waals surface area contributed by atoms with Gasteiger partial charge in [0, 0.05) is 5.56 Å². The van der Waals surface area contributed by atoms with Crippen molar-refractivity contribution in [2.24, 2.45) is 0 Å². The summed E-state index contributed by atoms with van der Waals surface area (Å²) < 4.78 is 16.1. The molecule has 0 bridgehead atoms. The molecular formula is C32H55NO10. The van der Waals surface area contributed by atoms with E-state index in [9.17, 15) is 35.4 Å². The Bertz CT molecular complexity index is 870. The molecule has 43 heavy (non-hydrogen) atoms. The third-order valence-corrected chi connectivity index (χ3v) is 8.12. The van der Waals surface area contributed by atoms with Gasteiger partial charge in [-0.2, -0.15) is 0 Å². The summed E-state index contributed by atoms with van der Waals surface area (Å²) in [6.45, 7) is 1.21. The zero-order valence-corrected chi connectivity index (χ0v) is 25.9. The highest BCUT2D eigenvalue weighted by Crippen LogP contribution is 2.23. The number of unbranched alkanes of at least 4 members (excludes halogenated alkanes) is 11. The Balaban J connectivity index is 1.88. The third kappa shape index (κ3) is 13.0. The van der Waals surface area contributed by atoms with Gasteiger partial charge in [-0.05, 0) is 30.7 Å². The second kappa shape index (κ2) is 21.0. The van der Waals surface area contributed by atoms with Crippen LogP contribution in [-0.4, -0.2) is 106 Å². The van der Waals surface area contributed by atoms with E-state index in [0.29, 0.717) is 24.2 Å². The monoisotopic (exact) mass is 613 g/mol. The number of aliphatic hydroxyl groups is 6. The first-order valence-corrected chi connectivity index (χ1v) is 16.0. The summed E-state index contributed by atoms with van der Waals surface area (Å²) in [5.41, 5.74) is 0.293. The number of hydrogen-bond acceptors (Lipinski definition) is 10. The molecule has 1 saturated heterocycles. The number of hydrogen-bond donors (Lipinski definition) is 7. The highest BCUT2D eigenvalue weighted by atomic mass is 16.7. The largest absolute Gasteiger partial charge is 0.497 e. The van der Waals surface area contributed by atoms with Crippen molar-refractivity contribution < 1.29 is 49.6 Å². The van der Waals surface area contributed by atoms with Gasteiger partial charge >= 0.3 is 0 Å². The molecule has 2 rings (SSSR count). The van der Waals surface area contributed by atoms with Gasteiger partial charge in [0.2, 0.25) is 0 Å². The summed E-state index contributed by atoms with van der Waals surface area (Å²) in [5.74, 6) is 0.0404. The molecule has 1 aliphatic heterocycles. The van der Waals surface area contributed by atoms with Crippen LogP contribution in [0.4, 0.5) is 0 Å². The Kier molecular flexibility index (Phi) is 18.2. The van der Waals surface area contributed by atoms with Gasteiger partial charge in [-0.15, -0.1) is 0 Å². The van der Waals surface area contributed by atoms with Gasteiger partial charge in [0.15, 0.2) is 6.29 Å². The topological polar surface area (TPSA) is 178 Å². The fourth-order valence-electron chi connectivity index (χ4n) is 5.26. The molecule has 0 aliphatic carbocycles. The number of rotatable bonds is 22. The van der Waals surface area contributed by atoms with Crippen LogP contribution in [0.2, 0.25) is 0 Å². The smallest absolute Gasteiger partial charge is 0.251 e. The van der Waals surface area contributed by atoms with E-state index in [4.69, 9.17) is 14.2 Å². The summed E-state index contributed by atoms with van der Waals surface area (Å²) >= 11 is 0. The lowest BCUT2D eigenvalue weighted by atomic mass is 9.98. The maximum absolute atomic E-state index is 13.0. The van der Waals surface area contributed by atoms with Crippen LogP contribution in [0.1, 0.15) is 101 Å². The van der Waals surface area contributed by atoms with E-state index in [1.54, 1.807) is 24.3 Å². The first-order chi connectivity index (χ1) is 20.7. The van der Waals surface area contributed by atoms with Gasteiger partial charge in [0.1, 0.15) is 36.3 Å². The maximum atomic E-state index is 13.0. The molecule has 1 amide bonds. The van der Waals surface area contributed by atoms with Gasteiger partial charge in [0.05, 0.1) is 32.5 Å². The minimum atomic E-state index is -1.64. The van der Waals surface area contributed by atoms with Crippen LogP contribution in [0, 0.1) is 0 Å². The van der Waals surface area contributed by atoms with Crippen molar-refractivity contribution >= 4 is 5.91 Å². The number of benzene rings is 1. The van der Waals surface area contributed by atoms with Gasteiger partial charge in [-0.1, -0.05) is 84.0 Å². The van der Waals surface area contributed by atoms with Crippen molar-refractivity contribution in [2.75, 3.05) is 20.3 Å². The molecule has 0 aromatic heterocycles. The number of carbonyl (C=O) groups excluding carboxylic acids is 1. The number of carbonyl (C=O) groups is 1. The Morgan fingerprint density at radius 2 is 1.42 bits per heavy atom. The zero-order chi connectivity index (χ0) is 31.6. The number of aliphatic hydroxyl groups excluding tert-OH is 6. The first kappa shape index (κ1) is 37.4. The molecule has 1 aliphatic rings. The normalized spacial score (nSPS) is 24.3. The molecule has 8 unspecified atom stereocenters. The molecule has 1 aromatic carbocycles. The quantitative estimate of drug-likeness (QED) is 0.0961. The van der Waals surface area contributed by atoms with E-state index in [0.717, 1.165) is 19.3 Å². The summed E-state index contributed by atoms with van der Waals surface area (Å²) in [7, 11) is 1.51. The molecular weight excluding hydrogens is 558 g/mol. The minimum Gasteiger partial charge on any atom is -0.497 e. The van der Waals surface area contributed by atoms with Crippen LogP contribution in [0.3, 0.4) is 0 Å². The van der Waals surface area contributed by atoms with Crippen molar-refractivity contribution in [1.82, 2.24) is 5.32 Å². The second-order valence-corrected chi connectivity index (χ2v) is 11.6. The zero-order valence-electron chi connectivity index (χ0n) is 25.9. The molecule has 11 heteroatoms. The molecule has 1 aromatic rings. The molecule has 0 radical (unpaired) electrons. The second-order valence-electron chi connectivity index (χ2n) is 11.6. The highest BCUT2D eigenvalue weighted by molar-refractivity contribution is 5.94. The Labute approximate surface area is 256 Å². The fraction of sp³-hybridized carbons (Fsp3) is 0.781. The summed E-state index contributed by atoms with van der Waals surface area (Å²) in [6, 6.07) is 5.24. The average Bonchev–Trinajstić information content (AvgIpc) is 3.02. The van der Waals surface area contributed by atoms with E-state index < -0.39 is 61.5 Å². The number of nitrogens with one attached hydrogen (secondary N) is 1. The minimum absolute atomic E-state index is 0.293. The van der Waals surface area contributed by atoms with Gasteiger partial charge in [-0.3, -0.25) is 4.79 Å².